The Morgan fingerprint density at radius 1 is 1.06 bits per heavy atom. The van der Waals surface area contributed by atoms with Gasteiger partial charge in [0.1, 0.15) is 5.82 Å². The van der Waals surface area contributed by atoms with E-state index < -0.39 is 37.8 Å². The van der Waals surface area contributed by atoms with E-state index >= 15 is 0 Å². The van der Waals surface area contributed by atoms with Gasteiger partial charge in [-0.2, -0.15) is 0 Å². The molecule has 2 N–H and O–H groups in total. The average Bonchev–Trinajstić information content (AvgIpc) is 2.74. The molecule has 2 aromatic carbocycles. The number of nitrogens with one attached hydrogen (secondary N) is 1. The van der Waals surface area contributed by atoms with E-state index in [0.717, 1.165) is 30.3 Å². The lowest BCUT2D eigenvalue weighted by molar-refractivity contribution is 0.131. The summed E-state index contributed by atoms with van der Waals surface area (Å²) in [5.74, 6) is -0.580. The quantitative estimate of drug-likeness (QED) is 0.583. The maximum atomic E-state index is 13.2. The van der Waals surface area contributed by atoms with Crippen LogP contribution in [0.25, 0.3) is 0 Å². The van der Waals surface area contributed by atoms with Crippen LogP contribution in [0.5, 0.6) is 0 Å². The van der Waals surface area contributed by atoms with Crippen LogP contribution in [0.3, 0.4) is 0 Å². The zero-order valence-corrected chi connectivity index (χ0v) is 19.1. The normalized spacial score (nSPS) is 15.6. The van der Waals surface area contributed by atoms with Crippen LogP contribution < -0.4 is 4.72 Å². The Kier molecular flexibility index (Phi) is 7.21. The number of hydrogen-bond donors (Lipinski definition) is 2. The van der Waals surface area contributed by atoms with Gasteiger partial charge in [-0.25, -0.2) is 30.7 Å². The van der Waals surface area contributed by atoms with Gasteiger partial charge in [-0.1, -0.05) is 19.4 Å². The van der Waals surface area contributed by atoms with Crippen molar-refractivity contribution in [2.75, 3.05) is 13.1 Å². The number of piperidine rings is 1. The molecule has 1 fully saturated rings. The number of sulfone groups is 1. The predicted octanol–water partition coefficient (Wildman–Crippen LogP) is 3.03. The third-order valence-corrected chi connectivity index (χ3v) is 8.74. The third-order valence-electron chi connectivity index (χ3n) is 5.37. The zero-order chi connectivity index (χ0) is 23.5. The van der Waals surface area contributed by atoms with Crippen LogP contribution in [-0.4, -0.2) is 52.1 Å². The highest BCUT2D eigenvalue weighted by Gasteiger charge is 2.29. The molecule has 1 aliphatic heterocycles. The first kappa shape index (κ1) is 24.1. The average molecular weight is 485 g/mol. The number of rotatable bonds is 7. The lowest BCUT2D eigenvalue weighted by atomic mass is 10.1. The van der Waals surface area contributed by atoms with Crippen LogP contribution in [0, 0.1) is 5.82 Å². The summed E-state index contributed by atoms with van der Waals surface area (Å²) in [6, 6.07) is 7.85. The molecule has 0 spiro atoms. The van der Waals surface area contributed by atoms with Gasteiger partial charge in [0, 0.05) is 19.1 Å². The molecular formula is C21H25FN2O6S2. The summed E-state index contributed by atoms with van der Waals surface area (Å²) in [7, 11) is -8.11. The molecule has 0 bridgehead atoms. The minimum absolute atomic E-state index is 0.122. The summed E-state index contributed by atoms with van der Waals surface area (Å²) in [5.41, 5.74) is 0.487. The van der Waals surface area contributed by atoms with E-state index in [2.05, 4.69) is 4.72 Å². The third kappa shape index (κ3) is 5.28. The molecule has 1 aliphatic rings. The highest BCUT2D eigenvalue weighted by atomic mass is 32.2. The van der Waals surface area contributed by atoms with E-state index in [1.807, 2.05) is 6.92 Å². The number of carboxylic acid groups (broad SMARTS) is 1. The molecule has 32 heavy (non-hydrogen) atoms. The summed E-state index contributed by atoms with van der Waals surface area (Å²) >= 11 is 0. The van der Waals surface area contributed by atoms with Gasteiger partial charge in [0.05, 0.1) is 14.7 Å². The highest BCUT2D eigenvalue weighted by Crippen LogP contribution is 2.27. The van der Waals surface area contributed by atoms with Crippen molar-refractivity contribution in [3.63, 3.8) is 0 Å². The van der Waals surface area contributed by atoms with Crippen LogP contribution in [0.4, 0.5) is 9.18 Å². The zero-order valence-electron chi connectivity index (χ0n) is 17.5. The largest absolute Gasteiger partial charge is 0.465 e. The Morgan fingerprint density at radius 2 is 1.66 bits per heavy atom. The summed E-state index contributed by atoms with van der Waals surface area (Å²) in [4.78, 5) is 11.8. The second-order valence-electron chi connectivity index (χ2n) is 7.64. The molecular weight excluding hydrogens is 459 g/mol. The van der Waals surface area contributed by atoms with Crippen LogP contribution in [0.1, 0.15) is 31.7 Å². The molecule has 0 radical (unpaired) electrons. The molecule has 8 nitrogen and oxygen atoms in total. The van der Waals surface area contributed by atoms with Gasteiger partial charge in [0.25, 0.3) is 0 Å². The Morgan fingerprint density at radius 3 is 2.22 bits per heavy atom. The number of hydrogen-bond acceptors (Lipinski definition) is 5. The minimum Gasteiger partial charge on any atom is -0.465 e. The van der Waals surface area contributed by atoms with Crippen LogP contribution in [0.2, 0.25) is 0 Å². The van der Waals surface area contributed by atoms with Crippen molar-refractivity contribution < 1.29 is 31.1 Å². The Balaban J connectivity index is 1.93. The summed E-state index contributed by atoms with van der Waals surface area (Å²) in [6.07, 6.45) is 0.689. The maximum Gasteiger partial charge on any atom is 0.407 e. The van der Waals surface area contributed by atoms with Gasteiger partial charge in [0.2, 0.25) is 19.9 Å². The first-order valence-electron chi connectivity index (χ1n) is 10.2. The fourth-order valence-corrected chi connectivity index (χ4v) is 6.61. The Labute approximate surface area is 187 Å². The fraction of sp³-hybridized carbons (Fsp3) is 0.381. The number of nitrogens with zero attached hydrogens (tertiary/aromatic N) is 1. The smallest absolute Gasteiger partial charge is 0.407 e. The standard InChI is InChI=1S/C21H25FN2O6S2/c1-2-3-15-4-7-19(31(27,28)18-8-5-16(22)6-9-18)14-20(15)32(29,30)23-17-10-12-24(13-11-17)21(25)26/h4-9,14,17,23H,2-3,10-13H2,1H3,(H,25,26). The number of benzene rings is 2. The van der Waals surface area contributed by atoms with Crippen molar-refractivity contribution in [2.24, 2.45) is 0 Å². The van der Waals surface area contributed by atoms with Gasteiger partial charge in [-0.3, -0.25) is 0 Å². The van der Waals surface area contributed by atoms with Gasteiger partial charge in [-0.05, 0) is 61.2 Å². The number of sulfonamides is 1. The van der Waals surface area contributed by atoms with E-state index in [-0.39, 0.29) is 27.8 Å². The summed E-state index contributed by atoms with van der Waals surface area (Å²) in [6.45, 7) is 2.31. The number of halogens is 1. The topological polar surface area (TPSA) is 121 Å². The van der Waals surface area contributed by atoms with Crippen molar-refractivity contribution in [2.45, 2.75) is 53.3 Å². The number of likely N-dealkylation sites (tertiary alicyclic amines) is 1. The SMILES string of the molecule is CCCc1ccc(S(=O)(=O)c2ccc(F)cc2)cc1S(=O)(=O)NC1CCN(C(=O)O)CC1. The van der Waals surface area contributed by atoms with Crippen molar-refractivity contribution in [3.8, 4) is 0 Å². The van der Waals surface area contributed by atoms with E-state index in [1.54, 1.807) is 0 Å². The second-order valence-corrected chi connectivity index (χ2v) is 11.3. The molecule has 1 saturated heterocycles. The van der Waals surface area contributed by atoms with Gasteiger partial charge in [-0.15, -0.1) is 0 Å². The van der Waals surface area contributed by atoms with E-state index in [0.29, 0.717) is 31.2 Å². The van der Waals surface area contributed by atoms with Crippen LogP contribution in [0.15, 0.2) is 57.2 Å². The molecule has 1 heterocycles. The number of carbonyl (C=O) groups is 1. The van der Waals surface area contributed by atoms with E-state index in [1.165, 1.54) is 17.0 Å². The Hall–Kier alpha value is -2.50. The molecule has 1 amide bonds. The van der Waals surface area contributed by atoms with E-state index in [4.69, 9.17) is 5.11 Å². The number of aryl methyl sites for hydroxylation is 1. The lowest BCUT2D eigenvalue weighted by Crippen LogP contribution is -2.46. The highest BCUT2D eigenvalue weighted by molar-refractivity contribution is 7.91. The first-order valence-corrected chi connectivity index (χ1v) is 13.1. The van der Waals surface area contributed by atoms with Crippen molar-refractivity contribution in [1.29, 1.82) is 0 Å². The van der Waals surface area contributed by atoms with Gasteiger partial charge >= 0.3 is 6.09 Å². The van der Waals surface area contributed by atoms with Crippen LogP contribution in [-0.2, 0) is 26.3 Å². The molecule has 0 aliphatic carbocycles. The lowest BCUT2D eigenvalue weighted by Gasteiger charge is -2.30. The molecule has 11 heteroatoms. The number of amides is 1. The fourth-order valence-electron chi connectivity index (χ4n) is 3.65. The van der Waals surface area contributed by atoms with Crippen molar-refractivity contribution >= 4 is 26.0 Å². The van der Waals surface area contributed by atoms with Crippen LogP contribution >= 0.6 is 0 Å². The Bertz CT molecular complexity index is 1190. The molecule has 0 unspecified atom stereocenters. The molecule has 0 atom stereocenters. The monoisotopic (exact) mass is 484 g/mol. The molecule has 0 saturated carbocycles. The summed E-state index contributed by atoms with van der Waals surface area (Å²) < 4.78 is 68.2. The minimum atomic E-state index is -4.06. The van der Waals surface area contributed by atoms with Gasteiger partial charge in [0.15, 0.2) is 0 Å². The summed E-state index contributed by atoms with van der Waals surface area (Å²) in [5, 5.41) is 9.06. The predicted molar refractivity (Wildman–Crippen MR) is 115 cm³/mol. The first-order chi connectivity index (χ1) is 15.0. The molecule has 174 valence electrons. The molecule has 0 aromatic heterocycles. The van der Waals surface area contributed by atoms with Crippen molar-refractivity contribution in [3.05, 3.63) is 53.8 Å². The van der Waals surface area contributed by atoms with Crippen molar-refractivity contribution in [1.82, 2.24) is 9.62 Å². The maximum absolute atomic E-state index is 13.2. The molecule has 3 rings (SSSR count). The molecule has 2 aromatic rings. The van der Waals surface area contributed by atoms with Gasteiger partial charge < -0.3 is 10.0 Å². The van der Waals surface area contributed by atoms with E-state index in [9.17, 15) is 26.0 Å². The second kappa shape index (κ2) is 9.55.